The first-order chi connectivity index (χ1) is 16.2. The third kappa shape index (κ3) is 6.73. The molecule has 0 radical (unpaired) electrons. The first kappa shape index (κ1) is 26.0. The normalized spacial score (nSPS) is 15.4. The van der Waals surface area contributed by atoms with Crippen molar-refractivity contribution in [2.75, 3.05) is 11.9 Å². The van der Waals surface area contributed by atoms with Gasteiger partial charge in [0.15, 0.2) is 0 Å². The number of anilines is 1. The van der Waals surface area contributed by atoms with Crippen molar-refractivity contribution in [3.8, 4) is 0 Å². The summed E-state index contributed by atoms with van der Waals surface area (Å²) in [5, 5.41) is 9.40. The van der Waals surface area contributed by atoms with Crippen LogP contribution in [0.2, 0.25) is 10.0 Å². The molecule has 8 heteroatoms. The van der Waals surface area contributed by atoms with Gasteiger partial charge in [0.05, 0.1) is 21.0 Å². The number of hydrogen-bond donors (Lipinski definition) is 3. The average Bonchev–Trinajstić information content (AvgIpc) is 3.25. The molecule has 3 rings (SSSR count). The SMILES string of the molecule is CC(=O)NCCC1(C(=O)NC(C)Cc2ccc(NC(=O)c3c(Cl)cccc3Cl)cc2)CCCC1. The van der Waals surface area contributed by atoms with Gasteiger partial charge in [-0.1, -0.05) is 54.2 Å². The summed E-state index contributed by atoms with van der Waals surface area (Å²) in [5.74, 6) is -0.370. The van der Waals surface area contributed by atoms with Gasteiger partial charge >= 0.3 is 0 Å². The van der Waals surface area contributed by atoms with Gasteiger partial charge in [0.2, 0.25) is 11.8 Å². The van der Waals surface area contributed by atoms with Crippen molar-refractivity contribution in [3.63, 3.8) is 0 Å². The second-order valence-corrected chi connectivity index (χ2v) is 9.86. The number of carbonyl (C=O) groups is 3. The lowest BCUT2D eigenvalue weighted by atomic mass is 9.81. The van der Waals surface area contributed by atoms with Crippen molar-refractivity contribution < 1.29 is 14.4 Å². The zero-order valence-corrected chi connectivity index (χ0v) is 21.1. The minimum absolute atomic E-state index is 0.0480. The smallest absolute Gasteiger partial charge is 0.258 e. The van der Waals surface area contributed by atoms with Gasteiger partial charge < -0.3 is 16.0 Å². The van der Waals surface area contributed by atoms with Gasteiger partial charge in [-0.3, -0.25) is 14.4 Å². The van der Waals surface area contributed by atoms with Crippen LogP contribution in [0.5, 0.6) is 0 Å². The van der Waals surface area contributed by atoms with E-state index in [-0.39, 0.29) is 29.3 Å². The third-order valence-electron chi connectivity index (χ3n) is 6.34. The molecule has 1 aliphatic carbocycles. The molecule has 1 fully saturated rings. The number of benzene rings is 2. The highest BCUT2D eigenvalue weighted by atomic mass is 35.5. The summed E-state index contributed by atoms with van der Waals surface area (Å²) in [4.78, 5) is 36.9. The van der Waals surface area contributed by atoms with Crippen molar-refractivity contribution in [2.45, 2.75) is 58.4 Å². The topological polar surface area (TPSA) is 87.3 Å². The number of hydrogen-bond acceptors (Lipinski definition) is 3. The van der Waals surface area contributed by atoms with Gasteiger partial charge in [0, 0.05) is 25.2 Å². The Morgan fingerprint density at radius 3 is 2.21 bits per heavy atom. The Morgan fingerprint density at radius 2 is 1.62 bits per heavy atom. The van der Waals surface area contributed by atoms with Crippen LogP contribution in [0.15, 0.2) is 42.5 Å². The molecular formula is C26H31Cl2N3O3. The van der Waals surface area contributed by atoms with E-state index in [1.807, 2.05) is 31.2 Å². The van der Waals surface area contributed by atoms with Crippen LogP contribution in [0.4, 0.5) is 5.69 Å². The van der Waals surface area contributed by atoms with E-state index < -0.39 is 5.41 Å². The fourth-order valence-corrected chi connectivity index (χ4v) is 5.10. The Bertz CT molecular complexity index is 1010. The summed E-state index contributed by atoms with van der Waals surface area (Å²) in [6.45, 7) is 4.00. The zero-order chi connectivity index (χ0) is 24.7. The Morgan fingerprint density at radius 1 is 1.00 bits per heavy atom. The molecule has 6 nitrogen and oxygen atoms in total. The molecule has 0 bridgehead atoms. The highest BCUT2D eigenvalue weighted by molar-refractivity contribution is 6.40. The molecule has 182 valence electrons. The molecule has 2 aromatic carbocycles. The standard InChI is InChI=1S/C26H31Cl2N3O3/c1-17(30-25(34)26(12-3-4-13-26)14-15-29-18(2)32)16-19-8-10-20(11-9-19)31-24(33)23-21(27)6-5-7-22(23)28/h5-11,17H,3-4,12-16H2,1-2H3,(H,29,32)(H,30,34)(H,31,33). The van der Waals surface area contributed by atoms with E-state index in [0.29, 0.717) is 35.1 Å². The van der Waals surface area contributed by atoms with Crippen molar-refractivity contribution in [1.82, 2.24) is 10.6 Å². The lowest BCUT2D eigenvalue weighted by Gasteiger charge is -2.29. The molecule has 1 aliphatic rings. The first-order valence-electron chi connectivity index (χ1n) is 11.6. The zero-order valence-electron chi connectivity index (χ0n) is 19.5. The van der Waals surface area contributed by atoms with Crippen LogP contribution in [-0.4, -0.2) is 30.3 Å². The second kappa shape index (κ2) is 11.7. The monoisotopic (exact) mass is 503 g/mol. The van der Waals surface area contributed by atoms with E-state index in [0.717, 1.165) is 31.2 Å². The van der Waals surface area contributed by atoms with Crippen LogP contribution in [0.25, 0.3) is 0 Å². The molecule has 0 aromatic heterocycles. The Balaban J connectivity index is 1.56. The number of rotatable bonds is 9. The van der Waals surface area contributed by atoms with Gasteiger partial charge in [-0.2, -0.15) is 0 Å². The average molecular weight is 504 g/mol. The molecule has 3 amide bonds. The van der Waals surface area contributed by atoms with Crippen molar-refractivity contribution in [2.24, 2.45) is 5.41 Å². The molecule has 1 unspecified atom stereocenters. The fraction of sp³-hybridized carbons (Fsp3) is 0.423. The molecule has 3 N–H and O–H groups in total. The highest BCUT2D eigenvalue weighted by Crippen LogP contribution is 2.41. The molecule has 0 heterocycles. The van der Waals surface area contributed by atoms with Crippen LogP contribution in [0.3, 0.4) is 0 Å². The predicted molar refractivity (Wildman–Crippen MR) is 136 cm³/mol. The summed E-state index contributed by atoms with van der Waals surface area (Å²) in [6.07, 6.45) is 5.11. The van der Waals surface area contributed by atoms with Crippen LogP contribution in [0, 0.1) is 5.41 Å². The minimum atomic E-state index is -0.398. The summed E-state index contributed by atoms with van der Waals surface area (Å²) in [6, 6.07) is 12.4. The van der Waals surface area contributed by atoms with Crippen LogP contribution in [0.1, 0.15) is 61.9 Å². The molecule has 0 spiro atoms. The minimum Gasteiger partial charge on any atom is -0.356 e. The Hall–Kier alpha value is -2.57. The maximum absolute atomic E-state index is 13.1. The van der Waals surface area contributed by atoms with Crippen molar-refractivity contribution in [3.05, 3.63) is 63.6 Å². The predicted octanol–water partition coefficient (Wildman–Crippen LogP) is 5.38. The number of halogens is 2. The molecule has 1 atom stereocenters. The van der Waals surface area contributed by atoms with E-state index in [1.165, 1.54) is 6.92 Å². The lowest BCUT2D eigenvalue weighted by molar-refractivity contribution is -0.132. The van der Waals surface area contributed by atoms with E-state index in [2.05, 4.69) is 16.0 Å². The van der Waals surface area contributed by atoms with E-state index in [4.69, 9.17) is 23.2 Å². The van der Waals surface area contributed by atoms with Crippen LogP contribution < -0.4 is 16.0 Å². The van der Waals surface area contributed by atoms with Gasteiger partial charge in [0.25, 0.3) is 5.91 Å². The Labute approximate surface area is 210 Å². The van der Waals surface area contributed by atoms with Crippen LogP contribution >= 0.6 is 23.2 Å². The summed E-state index contributed by atoms with van der Waals surface area (Å²) < 4.78 is 0. The first-order valence-corrected chi connectivity index (χ1v) is 12.4. The molecule has 0 saturated heterocycles. The van der Waals surface area contributed by atoms with Gasteiger partial charge in [0.1, 0.15) is 0 Å². The molecule has 34 heavy (non-hydrogen) atoms. The fourth-order valence-electron chi connectivity index (χ4n) is 4.53. The number of amides is 3. The van der Waals surface area contributed by atoms with E-state index in [9.17, 15) is 14.4 Å². The largest absolute Gasteiger partial charge is 0.356 e. The summed E-state index contributed by atoms with van der Waals surface area (Å²) >= 11 is 12.2. The van der Waals surface area contributed by atoms with E-state index >= 15 is 0 Å². The van der Waals surface area contributed by atoms with Gasteiger partial charge in [-0.25, -0.2) is 0 Å². The van der Waals surface area contributed by atoms with E-state index in [1.54, 1.807) is 18.2 Å². The third-order valence-corrected chi connectivity index (χ3v) is 6.97. The molecule has 0 aliphatic heterocycles. The maximum Gasteiger partial charge on any atom is 0.258 e. The van der Waals surface area contributed by atoms with Gasteiger partial charge in [-0.05, 0) is 62.4 Å². The molecule has 1 saturated carbocycles. The molecular weight excluding hydrogens is 473 g/mol. The van der Waals surface area contributed by atoms with Crippen molar-refractivity contribution >= 4 is 46.6 Å². The number of nitrogens with one attached hydrogen (secondary N) is 3. The van der Waals surface area contributed by atoms with Gasteiger partial charge in [-0.15, -0.1) is 0 Å². The summed E-state index contributed by atoms with van der Waals surface area (Å²) in [7, 11) is 0. The lowest BCUT2D eigenvalue weighted by Crippen LogP contribution is -2.45. The second-order valence-electron chi connectivity index (χ2n) is 9.05. The summed E-state index contributed by atoms with van der Waals surface area (Å²) in [5.41, 5.74) is 1.51. The maximum atomic E-state index is 13.1. The highest BCUT2D eigenvalue weighted by Gasteiger charge is 2.40. The Kier molecular flexibility index (Phi) is 8.97. The molecule has 2 aromatic rings. The number of carbonyl (C=O) groups excluding carboxylic acids is 3. The van der Waals surface area contributed by atoms with Crippen molar-refractivity contribution in [1.29, 1.82) is 0 Å². The van der Waals surface area contributed by atoms with Crippen LogP contribution in [-0.2, 0) is 16.0 Å². The quantitative estimate of drug-likeness (QED) is 0.429.